The summed E-state index contributed by atoms with van der Waals surface area (Å²) in [5.74, 6) is -0.667. The Morgan fingerprint density at radius 1 is 1.21 bits per heavy atom. The maximum Gasteiger partial charge on any atom is 0.138 e. The predicted molar refractivity (Wildman–Crippen MR) is 82.6 cm³/mol. The third-order valence-corrected chi connectivity index (χ3v) is 3.62. The molecule has 0 aliphatic rings. The first-order chi connectivity index (χ1) is 9.02. The third-order valence-electron chi connectivity index (χ3n) is 2.80. The van der Waals surface area contributed by atoms with Crippen molar-refractivity contribution in [3.05, 3.63) is 51.6 Å². The van der Waals surface area contributed by atoms with Crippen molar-refractivity contribution in [1.29, 1.82) is 0 Å². The molecule has 0 fully saturated rings. The molecule has 2 rings (SSSR count). The Labute approximate surface area is 124 Å². The first-order valence-electron chi connectivity index (χ1n) is 5.80. The summed E-state index contributed by atoms with van der Waals surface area (Å²) in [5.41, 5.74) is 7.60. The van der Waals surface area contributed by atoms with E-state index in [1.807, 2.05) is 29.5 Å². The van der Waals surface area contributed by atoms with Crippen molar-refractivity contribution in [1.82, 2.24) is 0 Å². The van der Waals surface area contributed by atoms with Crippen LogP contribution in [-0.2, 0) is 0 Å². The number of benzene rings is 2. The van der Waals surface area contributed by atoms with Crippen LogP contribution in [0, 0.1) is 15.2 Å². The molecule has 0 bridgehead atoms. The molecule has 2 aromatic carbocycles. The standard InChI is InChI=1S/C14H13F2IN2/c1-2-19(10-5-3-4-9(15)6-10)14-7-11(16)12(17)8-13(14)18/h3-8H,2,18H2,1H3. The summed E-state index contributed by atoms with van der Waals surface area (Å²) in [6, 6.07) is 9.11. The number of nitrogens with two attached hydrogens (primary N) is 1. The summed E-state index contributed by atoms with van der Waals surface area (Å²) < 4.78 is 27.4. The lowest BCUT2D eigenvalue weighted by Gasteiger charge is -2.25. The molecule has 0 heterocycles. The molecule has 5 heteroatoms. The van der Waals surface area contributed by atoms with Crippen molar-refractivity contribution in [2.75, 3.05) is 17.2 Å². The number of anilines is 3. The number of rotatable bonds is 3. The van der Waals surface area contributed by atoms with Gasteiger partial charge >= 0.3 is 0 Å². The lowest BCUT2D eigenvalue weighted by atomic mass is 10.2. The Kier molecular flexibility index (Phi) is 4.24. The van der Waals surface area contributed by atoms with Crippen LogP contribution in [0.15, 0.2) is 36.4 Å². The fraction of sp³-hybridized carbons (Fsp3) is 0.143. The van der Waals surface area contributed by atoms with Crippen LogP contribution in [-0.4, -0.2) is 6.54 Å². The summed E-state index contributed by atoms with van der Waals surface area (Å²) in [6.07, 6.45) is 0. The number of hydrogen-bond acceptors (Lipinski definition) is 2. The lowest BCUT2D eigenvalue weighted by molar-refractivity contribution is 0.620. The summed E-state index contributed by atoms with van der Waals surface area (Å²) in [6.45, 7) is 2.47. The SMILES string of the molecule is CCN(c1cccc(F)c1)c1cc(F)c(I)cc1N. The minimum atomic E-state index is -0.334. The Balaban J connectivity index is 2.51. The third kappa shape index (κ3) is 2.97. The largest absolute Gasteiger partial charge is 0.397 e. The first kappa shape index (κ1) is 14.0. The average Bonchev–Trinajstić information content (AvgIpc) is 2.36. The number of nitrogen functional groups attached to an aromatic ring is 1. The molecule has 19 heavy (non-hydrogen) atoms. The number of halogens is 3. The van der Waals surface area contributed by atoms with Crippen LogP contribution in [0.5, 0.6) is 0 Å². The van der Waals surface area contributed by atoms with E-state index in [0.29, 0.717) is 27.2 Å². The fourth-order valence-corrected chi connectivity index (χ4v) is 2.41. The van der Waals surface area contributed by atoms with Crippen LogP contribution in [0.25, 0.3) is 0 Å². The van der Waals surface area contributed by atoms with E-state index in [9.17, 15) is 8.78 Å². The highest BCUT2D eigenvalue weighted by Gasteiger charge is 2.14. The first-order valence-corrected chi connectivity index (χ1v) is 6.88. The summed E-state index contributed by atoms with van der Waals surface area (Å²) in [4.78, 5) is 1.78. The minimum absolute atomic E-state index is 0.333. The van der Waals surface area contributed by atoms with Gasteiger partial charge in [0, 0.05) is 18.3 Å². The van der Waals surface area contributed by atoms with Gasteiger partial charge in [0.25, 0.3) is 0 Å². The van der Waals surface area contributed by atoms with Gasteiger partial charge in [-0.25, -0.2) is 8.78 Å². The molecule has 2 aromatic rings. The molecule has 2 N–H and O–H groups in total. The van der Waals surface area contributed by atoms with Crippen LogP contribution in [0.1, 0.15) is 6.92 Å². The molecular weight excluding hydrogens is 361 g/mol. The Morgan fingerprint density at radius 3 is 2.58 bits per heavy atom. The molecule has 0 saturated carbocycles. The molecule has 0 aromatic heterocycles. The topological polar surface area (TPSA) is 29.3 Å². The van der Waals surface area contributed by atoms with Gasteiger partial charge in [0.05, 0.1) is 14.9 Å². The van der Waals surface area contributed by atoms with Gasteiger partial charge in [0.1, 0.15) is 11.6 Å². The molecule has 2 nitrogen and oxygen atoms in total. The van der Waals surface area contributed by atoms with E-state index < -0.39 is 0 Å². The summed E-state index contributed by atoms with van der Waals surface area (Å²) in [5, 5.41) is 0. The van der Waals surface area contributed by atoms with Gasteiger partial charge in [-0.2, -0.15) is 0 Å². The zero-order valence-corrected chi connectivity index (χ0v) is 12.5. The zero-order valence-electron chi connectivity index (χ0n) is 10.3. The Bertz CT molecular complexity index is 602. The van der Waals surface area contributed by atoms with Crippen LogP contribution in [0.3, 0.4) is 0 Å². The quantitative estimate of drug-likeness (QED) is 0.641. The van der Waals surface area contributed by atoms with Gasteiger partial charge in [-0.1, -0.05) is 6.07 Å². The van der Waals surface area contributed by atoms with E-state index in [1.54, 1.807) is 23.1 Å². The summed E-state index contributed by atoms with van der Waals surface area (Å²) in [7, 11) is 0. The van der Waals surface area contributed by atoms with E-state index in [1.165, 1.54) is 18.2 Å². The monoisotopic (exact) mass is 374 g/mol. The average molecular weight is 374 g/mol. The molecule has 0 aliphatic heterocycles. The molecule has 100 valence electrons. The van der Waals surface area contributed by atoms with Gasteiger partial charge in [-0.15, -0.1) is 0 Å². The molecule has 0 aliphatic carbocycles. The molecule has 0 saturated heterocycles. The highest BCUT2D eigenvalue weighted by atomic mass is 127. The van der Waals surface area contributed by atoms with E-state index >= 15 is 0 Å². The van der Waals surface area contributed by atoms with Crippen LogP contribution in [0.2, 0.25) is 0 Å². The minimum Gasteiger partial charge on any atom is -0.397 e. The smallest absolute Gasteiger partial charge is 0.138 e. The molecule has 0 amide bonds. The summed E-state index contributed by atoms with van der Waals surface area (Å²) >= 11 is 1.89. The van der Waals surface area contributed by atoms with E-state index in [-0.39, 0.29) is 11.6 Å². The Hall–Kier alpha value is -1.37. The van der Waals surface area contributed by atoms with Crippen molar-refractivity contribution in [2.24, 2.45) is 0 Å². The molecule has 0 unspecified atom stereocenters. The van der Waals surface area contributed by atoms with Crippen LogP contribution in [0.4, 0.5) is 25.8 Å². The highest BCUT2D eigenvalue weighted by Crippen LogP contribution is 2.32. The second kappa shape index (κ2) is 5.73. The molecule has 0 radical (unpaired) electrons. The van der Waals surface area contributed by atoms with Crippen molar-refractivity contribution in [2.45, 2.75) is 6.92 Å². The van der Waals surface area contributed by atoms with E-state index in [2.05, 4.69) is 0 Å². The molecule has 0 spiro atoms. The highest BCUT2D eigenvalue weighted by molar-refractivity contribution is 14.1. The zero-order chi connectivity index (χ0) is 14.0. The van der Waals surface area contributed by atoms with Crippen molar-refractivity contribution >= 4 is 39.7 Å². The second-order valence-corrected chi connectivity index (χ2v) is 5.21. The van der Waals surface area contributed by atoms with Gasteiger partial charge < -0.3 is 10.6 Å². The van der Waals surface area contributed by atoms with Crippen LogP contribution >= 0.6 is 22.6 Å². The van der Waals surface area contributed by atoms with Crippen molar-refractivity contribution in [3.8, 4) is 0 Å². The Morgan fingerprint density at radius 2 is 1.95 bits per heavy atom. The van der Waals surface area contributed by atoms with E-state index in [0.717, 1.165) is 0 Å². The maximum absolute atomic E-state index is 13.7. The van der Waals surface area contributed by atoms with Gasteiger partial charge in [-0.05, 0) is 53.8 Å². The maximum atomic E-state index is 13.7. The fourth-order valence-electron chi connectivity index (χ4n) is 1.92. The van der Waals surface area contributed by atoms with Gasteiger partial charge in [0.2, 0.25) is 0 Å². The molecular formula is C14H13F2IN2. The number of hydrogen-bond donors (Lipinski definition) is 1. The lowest BCUT2D eigenvalue weighted by Crippen LogP contribution is -2.18. The normalized spacial score (nSPS) is 10.5. The van der Waals surface area contributed by atoms with Crippen molar-refractivity contribution < 1.29 is 8.78 Å². The van der Waals surface area contributed by atoms with Gasteiger partial charge in [-0.3, -0.25) is 0 Å². The van der Waals surface area contributed by atoms with Gasteiger partial charge in [0.15, 0.2) is 0 Å². The van der Waals surface area contributed by atoms with E-state index in [4.69, 9.17) is 5.73 Å². The van der Waals surface area contributed by atoms with Crippen molar-refractivity contribution in [3.63, 3.8) is 0 Å². The second-order valence-electron chi connectivity index (χ2n) is 4.05. The number of nitrogens with zero attached hydrogens (tertiary/aromatic N) is 1. The van der Waals surface area contributed by atoms with Crippen LogP contribution < -0.4 is 10.6 Å². The molecule has 0 atom stereocenters. The predicted octanol–water partition coefficient (Wildman–Crippen LogP) is 4.31.